The van der Waals surface area contributed by atoms with E-state index in [4.69, 9.17) is 21.1 Å². The molecule has 0 amide bonds. The maximum atomic E-state index is 10.1. The number of carbonyl (C=O) groups excluding carboxylic acids is 1. The number of hydrogen-bond donors (Lipinski definition) is 0. The maximum absolute atomic E-state index is 10.1. The molecule has 0 unspecified atom stereocenters. The predicted octanol–water partition coefficient (Wildman–Crippen LogP) is 1.18. The van der Waals surface area contributed by atoms with E-state index in [0.717, 1.165) is 5.33 Å². The van der Waals surface area contributed by atoms with Crippen LogP contribution < -0.4 is 0 Å². The highest BCUT2D eigenvalue weighted by Gasteiger charge is 1.94. The van der Waals surface area contributed by atoms with Crippen molar-refractivity contribution < 1.29 is 14.3 Å². The van der Waals surface area contributed by atoms with Gasteiger partial charge >= 0.3 is 0 Å². The average molecular weight is 245 g/mol. The van der Waals surface area contributed by atoms with Gasteiger partial charge in [-0.3, -0.25) is 4.79 Å². The molecule has 0 aliphatic heterocycles. The zero-order valence-electron chi connectivity index (χ0n) is 6.02. The van der Waals surface area contributed by atoms with Gasteiger partial charge in [-0.1, -0.05) is 15.9 Å². The zero-order valence-corrected chi connectivity index (χ0v) is 8.36. The summed E-state index contributed by atoms with van der Waals surface area (Å²) in [7, 11) is 0. The average Bonchev–Trinajstić information content (AvgIpc) is 1.96. The van der Waals surface area contributed by atoms with E-state index in [1.807, 2.05) is 0 Å². The van der Waals surface area contributed by atoms with Crippen LogP contribution in [0.4, 0.5) is 0 Å². The first-order valence-electron chi connectivity index (χ1n) is 3.17. The van der Waals surface area contributed by atoms with Crippen LogP contribution in [0.5, 0.6) is 0 Å². The Hall–Kier alpha value is 0.360. The van der Waals surface area contributed by atoms with E-state index in [1.54, 1.807) is 0 Å². The first-order valence-corrected chi connectivity index (χ1v) is 4.67. The van der Waals surface area contributed by atoms with Gasteiger partial charge in [-0.05, 0) is 11.6 Å². The second-order valence-electron chi connectivity index (χ2n) is 1.71. The molecule has 0 saturated heterocycles. The smallest absolute Gasteiger partial charge is 0.247 e. The fraction of sp³-hybridized carbons (Fsp3) is 0.833. The van der Waals surface area contributed by atoms with Crippen molar-refractivity contribution in [3.05, 3.63) is 0 Å². The minimum atomic E-state index is -0.481. The van der Waals surface area contributed by atoms with E-state index in [-0.39, 0.29) is 6.61 Å². The van der Waals surface area contributed by atoms with Crippen LogP contribution in [-0.4, -0.2) is 37.0 Å². The van der Waals surface area contributed by atoms with E-state index in [0.29, 0.717) is 19.8 Å². The molecule has 0 bridgehead atoms. The summed E-state index contributed by atoms with van der Waals surface area (Å²) in [6, 6.07) is 0. The number of hydrogen-bond acceptors (Lipinski definition) is 3. The highest BCUT2D eigenvalue weighted by Crippen LogP contribution is 1.85. The van der Waals surface area contributed by atoms with Gasteiger partial charge in [0.2, 0.25) is 5.24 Å². The lowest BCUT2D eigenvalue weighted by molar-refractivity contribution is -0.116. The van der Waals surface area contributed by atoms with Crippen molar-refractivity contribution in [1.82, 2.24) is 0 Å². The molecule has 3 nitrogen and oxygen atoms in total. The molecule has 0 saturated carbocycles. The third-order valence-corrected chi connectivity index (χ3v) is 1.24. The lowest BCUT2D eigenvalue weighted by atomic mass is 10.7. The van der Waals surface area contributed by atoms with Crippen LogP contribution in [0.3, 0.4) is 0 Å². The number of alkyl halides is 1. The Morgan fingerprint density at radius 2 is 1.91 bits per heavy atom. The molecule has 0 spiro atoms. The summed E-state index contributed by atoms with van der Waals surface area (Å²) in [6.45, 7) is 1.51. The van der Waals surface area contributed by atoms with Gasteiger partial charge < -0.3 is 9.47 Å². The van der Waals surface area contributed by atoms with Crippen LogP contribution >= 0.6 is 27.5 Å². The van der Waals surface area contributed by atoms with E-state index in [1.165, 1.54) is 0 Å². The van der Waals surface area contributed by atoms with Gasteiger partial charge in [0.15, 0.2) is 0 Å². The maximum Gasteiger partial charge on any atom is 0.247 e. The number of rotatable bonds is 7. The molecule has 0 aromatic carbocycles. The van der Waals surface area contributed by atoms with Crippen LogP contribution in [0.25, 0.3) is 0 Å². The van der Waals surface area contributed by atoms with Crippen molar-refractivity contribution >= 4 is 32.8 Å². The molecular weight excluding hydrogens is 235 g/mol. The number of ether oxygens (including phenoxy) is 2. The van der Waals surface area contributed by atoms with Crippen LogP contribution in [-0.2, 0) is 14.3 Å². The summed E-state index contributed by atoms with van der Waals surface area (Å²) in [5, 5.41) is 0.326. The Bertz CT molecular complexity index is 110. The normalized spacial score (nSPS) is 10.0. The Morgan fingerprint density at radius 1 is 1.27 bits per heavy atom. The van der Waals surface area contributed by atoms with Gasteiger partial charge in [-0.25, -0.2) is 0 Å². The molecule has 0 aromatic rings. The third-order valence-electron chi connectivity index (χ3n) is 0.809. The summed E-state index contributed by atoms with van der Waals surface area (Å²) in [5.74, 6) is 0. The lowest BCUT2D eigenvalue weighted by Gasteiger charge is -2.01. The first kappa shape index (κ1) is 11.4. The van der Waals surface area contributed by atoms with Crippen molar-refractivity contribution in [1.29, 1.82) is 0 Å². The molecule has 0 N–H and O–H groups in total. The summed E-state index contributed by atoms with van der Waals surface area (Å²) >= 11 is 8.21. The van der Waals surface area contributed by atoms with E-state index in [2.05, 4.69) is 15.9 Å². The van der Waals surface area contributed by atoms with Gasteiger partial charge in [-0.2, -0.15) is 0 Å². The standard InChI is InChI=1S/C6H10BrClO3/c7-1-2-10-3-4-11-5-6(8)9/h1-5H2. The fourth-order valence-electron chi connectivity index (χ4n) is 0.427. The van der Waals surface area contributed by atoms with Gasteiger partial charge in [0.25, 0.3) is 0 Å². The first-order chi connectivity index (χ1) is 5.27. The Kier molecular flexibility index (Phi) is 8.73. The van der Waals surface area contributed by atoms with E-state index >= 15 is 0 Å². The Balaban J connectivity index is 2.85. The van der Waals surface area contributed by atoms with Gasteiger partial charge in [0.1, 0.15) is 6.61 Å². The number of carbonyl (C=O) groups is 1. The molecule has 0 heterocycles. The number of halogens is 2. The molecule has 0 aromatic heterocycles. The topological polar surface area (TPSA) is 35.5 Å². The molecule has 5 heteroatoms. The van der Waals surface area contributed by atoms with Crippen LogP contribution in [0.1, 0.15) is 0 Å². The van der Waals surface area contributed by atoms with Gasteiger partial charge in [0.05, 0.1) is 19.8 Å². The van der Waals surface area contributed by atoms with E-state index < -0.39 is 5.24 Å². The second-order valence-corrected chi connectivity index (χ2v) is 2.92. The van der Waals surface area contributed by atoms with Crippen molar-refractivity contribution in [3.8, 4) is 0 Å². The van der Waals surface area contributed by atoms with Crippen molar-refractivity contribution in [2.24, 2.45) is 0 Å². The summed E-state index contributed by atoms with van der Waals surface area (Å²) < 4.78 is 9.86. The highest BCUT2D eigenvalue weighted by molar-refractivity contribution is 9.09. The zero-order chi connectivity index (χ0) is 8.53. The van der Waals surface area contributed by atoms with Crippen molar-refractivity contribution in [2.75, 3.05) is 31.8 Å². The van der Waals surface area contributed by atoms with Crippen molar-refractivity contribution in [2.45, 2.75) is 0 Å². The van der Waals surface area contributed by atoms with Gasteiger partial charge in [0, 0.05) is 5.33 Å². The monoisotopic (exact) mass is 244 g/mol. The Morgan fingerprint density at radius 3 is 2.45 bits per heavy atom. The lowest BCUT2D eigenvalue weighted by Crippen LogP contribution is -2.09. The highest BCUT2D eigenvalue weighted by atomic mass is 79.9. The molecule has 0 fully saturated rings. The Labute approximate surface area is 79.1 Å². The quantitative estimate of drug-likeness (QED) is 0.384. The third kappa shape index (κ3) is 10.4. The second kappa shape index (κ2) is 8.46. The molecule has 66 valence electrons. The van der Waals surface area contributed by atoms with Crippen LogP contribution in [0.2, 0.25) is 0 Å². The SMILES string of the molecule is O=C(Cl)COCCOCCBr. The van der Waals surface area contributed by atoms with E-state index in [9.17, 15) is 4.79 Å². The molecule has 0 aliphatic rings. The minimum absolute atomic E-state index is 0.0424. The molecule has 0 rings (SSSR count). The van der Waals surface area contributed by atoms with Crippen molar-refractivity contribution in [3.63, 3.8) is 0 Å². The molecule has 0 atom stereocenters. The molecule has 0 radical (unpaired) electrons. The molecule has 0 aliphatic carbocycles. The fourth-order valence-corrected chi connectivity index (χ4v) is 0.733. The molecule has 11 heavy (non-hydrogen) atoms. The largest absolute Gasteiger partial charge is 0.378 e. The summed E-state index contributed by atoms with van der Waals surface area (Å²) in [5.41, 5.74) is 0. The van der Waals surface area contributed by atoms with Crippen LogP contribution in [0.15, 0.2) is 0 Å². The summed E-state index contributed by atoms with van der Waals surface area (Å²) in [4.78, 5) is 10.1. The molecular formula is C6H10BrClO3. The minimum Gasteiger partial charge on any atom is -0.378 e. The van der Waals surface area contributed by atoms with Gasteiger partial charge in [-0.15, -0.1) is 0 Å². The summed E-state index contributed by atoms with van der Waals surface area (Å²) in [6.07, 6.45) is 0. The van der Waals surface area contributed by atoms with Crippen LogP contribution in [0, 0.1) is 0 Å². The predicted molar refractivity (Wildman–Crippen MR) is 46.3 cm³/mol.